The minimum atomic E-state index is 0.0461. The van der Waals surface area contributed by atoms with Crippen molar-refractivity contribution >= 4 is 0 Å². The molecule has 0 unspecified atom stereocenters. The molecular weight excluding hydrogens is 186 g/mol. The highest BCUT2D eigenvalue weighted by Crippen LogP contribution is 2.30. The Morgan fingerprint density at radius 2 is 1.80 bits per heavy atom. The molecule has 0 aromatic rings. The highest BCUT2D eigenvalue weighted by molar-refractivity contribution is 4.85. The van der Waals surface area contributed by atoms with Crippen LogP contribution in [0.2, 0.25) is 0 Å². The molecule has 2 heteroatoms. The first kappa shape index (κ1) is 13.0. The quantitative estimate of drug-likeness (QED) is 0.659. The predicted molar refractivity (Wildman–Crippen MR) is 65.0 cm³/mol. The largest absolute Gasteiger partial charge is 0.374 e. The van der Waals surface area contributed by atoms with Gasteiger partial charge in [-0.2, -0.15) is 0 Å². The maximum absolute atomic E-state index is 6.04. The van der Waals surface area contributed by atoms with Gasteiger partial charge in [0.1, 0.15) is 0 Å². The van der Waals surface area contributed by atoms with Gasteiger partial charge in [-0.05, 0) is 19.3 Å². The van der Waals surface area contributed by atoms with Crippen LogP contribution in [0.1, 0.15) is 64.7 Å². The van der Waals surface area contributed by atoms with Crippen LogP contribution in [0.25, 0.3) is 0 Å². The lowest BCUT2D eigenvalue weighted by molar-refractivity contribution is -0.0643. The molecule has 0 spiro atoms. The van der Waals surface area contributed by atoms with Gasteiger partial charge in [-0.1, -0.05) is 45.4 Å². The van der Waals surface area contributed by atoms with Gasteiger partial charge in [0.2, 0.25) is 0 Å². The van der Waals surface area contributed by atoms with E-state index in [9.17, 15) is 0 Å². The molecule has 0 bridgehead atoms. The Morgan fingerprint density at radius 3 is 2.40 bits per heavy atom. The van der Waals surface area contributed by atoms with Crippen molar-refractivity contribution < 1.29 is 4.74 Å². The zero-order valence-corrected chi connectivity index (χ0v) is 10.3. The lowest BCUT2D eigenvalue weighted by Crippen LogP contribution is -2.42. The first-order chi connectivity index (χ1) is 7.33. The van der Waals surface area contributed by atoms with Crippen LogP contribution in [0.4, 0.5) is 0 Å². The minimum Gasteiger partial charge on any atom is -0.374 e. The smallest absolute Gasteiger partial charge is 0.0804 e. The van der Waals surface area contributed by atoms with E-state index in [0.717, 1.165) is 6.61 Å². The van der Waals surface area contributed by atoms with Crippen LogP contribution < -0.4 is 5.73 Å². The molecule has 90 valence electrons. The van der Waals surface area contributed by atoms with Crippen molar-refractivity contribution in [3.8, 4) is 0 Å². The monoisotopic (exact) mass is 213 g/mol. The second kappa shape index (κ2) is 7.24. The number of nitrogens with two attached hydrogens (primary N) is 1. The van der Waals surface area contributed by atoms with E-state index in [1.165, 1.54) is 57.8 Å². The van der Waals surface area contributed by atoms with Crippen LogP contribution in [0.3, 0.4) is 0 Å². The number of hydrogen-bond acceptors (Lipinski definition) is 2. The van der Waals surface area contributed by atoms with E-state index in [1.807, 2.05) is 0 Å². The van der Waals surface area contributed by atoms with E-state index in [0.29, 0.717) is 6.54 Å². The third-order valence-corrected chi connectivity index (χ3v) is 3.54. The first-order valence-electron chi connectivity index (χ1n) is 6.67. The Morgan fingerprint density at radius 1 is 1.07 bits per heavy atom. The molecule has 1 fully saturated rings. The average molecular weight is 213 g/mol. The highest BCUT2D eigenvalue weighted by Gasteiger charge is 2.30. The van der Waals surface area contributed by atoms with Crippen molar-refractivity contribution in [2.75, 3.05) is 13.2 Å². The Bertz CT molecular complexity index is 153. The molecule has 0 aliphatic heterocycles. The molecule has 0 saturated heterocycles. The average Bonchev–Trinajstić information content (AvgIpc) is 2.30. The lowest BCUT2D eigenvalue weighted by Gasteiger charge is -2.36. The molecular formula is C13H27NO. The topological polar surface area (TPSA) is 35.2 Å². The molecule has 0 amide bonds. The summed E-state index contributed by atoms with van der Waals surface area (Å²) in [5, 5.41) is 0. The summed E-state index contributed by atoms with van der Waals surface area (Å²) in [7, 11) is 0. The summed E-state index contributed by atoms with van der Waals surface area (Å²) in [4.78, 5) is 0. The summed E-state index contributed by atoms with van der Waals surface area (Å²) in [5.41, 5.74) is 5.90. The lowest BCUT2D eigenvalue weighted by atomic mass is 9.84. The molecule has 15 heavy (non-hydrogen) atoms. The molecule has 2 N–H and O–H groups in total. The highest BCUT2D eigenvalue weighted by atomic mass is 16.5. The van der Waals surface area contributed by atoms with Crippen LogP contribution in [0, 0.1) is 0 Å². The van der Waals surface area contributed by atoms with E-state index in [2.05, 4.69) is 6.92 Å². The normalized spacial score (nSPS) is 20.4. The zero-order chi connectivity index (χ0) is 11.0. The van der Waals surface area contributed by atoms with Crippen molar-refractivity contribution in [2.45, 2.75) is 70.3 Å². The van der Waals surface area contributed by atoms with Gasteiger partial charge in [0, 0.05) is 13.2 Å². The van der Waals surface area contributed by atoms with Gasteiger partial charge in [-0.25, -0.2) is 0 Å². The van der Waals surface area contributed by atoms with Crippen LogP contribution >= 0.6 is 0 Å². The zero-order valence-electron chi connectivity index (χ0n) is 10.3. The number of ether oxygens (including phenoxy) is 1. The van der Waals surface area contributed by atoms with Gasteiger partial charge in [0.15, 0.2) is 0 Å². The molecule has 1 aliphatic rings. The van der Waals surface area contributed by atoms with Crippen LogP contribution in [-0.2, 0) is 4.74 Å². The number of rotatable bonds is 7. The molecule has 1 rings (SSSR count). The Hall–Kier alpha value is -0.0800. The van der Waals surface area contributed by atoms with Crippen LogP contribution in [0.5, 0.6) is 0 Å². The molecule has 2 nitrogen and oxygen atoms in total. The van der Waals surface area contributed by atoms with Gasteiger partial charge >= 0.3 is 0 Å². The first-order valence-corrected chi connectivity index (χ1v) is 6.67. The maximum atomic E-state index is 6.04. The summed E-state index contributed by atoms with van der Waals surface area (Å²) in [6.07, 6.45) is 11.4. The van der Waals surface area contributed by atoms with E-state index in [1.54, 1.807) is 0 Å². The van der Waals surface area contributed by atoms with Crippen LogP contribution in [-0.4, -0.2) is 18.8 Å². The summed E-state index contributed by atoms with van der Waals surface area (Å²) in [6, 6.07) is 0. The molecule has 1 aliphatic carbocycles. The SMILES string of the molecule is CCCCCCOC1(CN)CCCCC1. The number of hydrogen-bond donors (Lipinski definition) is 1. The molecule has 0 aromatic carbocycles. The molecule has 0 heterocycles. The fourth-order valence-electron chi connectivity index (χ4n) is 2.42. The third kappa shape index (κ3) is 4.52. The van der Waals surface area contributed by atoms with E-state index in [4.69, 9.17) is 10.5 Å². The standard InChI is InChI=1S/C13H27NO/c1-2-3-4-8-11-15-13(12-14)9-6-5-7-10-13/h2-12,14H2,1H3. The second-order valence-corrected chi connectivity index (χ2v) is 4.86. The molecule has 0 aromatic heterocycles. The van der Waals surface area contributed by atoms with E-state index >= 15 is 0 Å². The second-order valence-electron chi connectivity index (χ2n) is 4.86. The fraction of sp³-hybridized carbons (Fsp3) is 1.00. The van der Waals surface area contributed by atoms with Gasteiger partial charge in [0.25, 0.3) is 0 Å². The maximum Gasteiger partial charge on any atom is 0.0804 e. The van der Waals surface area contributed by atoms with Gasteiger partial charge < -0.3 is 10.5 Å². The molecule has 0 radical (unpaired) electrons. The summed E-state index contributed by atoms with van der Waals surface area (Å²) in [6.45, 7) is 3.86. The fourth-order valence-corrected chi connectivity index (χ4v) is 2.42. The van der Waals surface area contributed by atoms with Crippen molar-refractivity contribution in [3.63, 3.8) is 0 Å². The molecule has 1 saturated carbocycles. The van der Waals surface area contributed by atoms with Crippen molar-refractivity contribution in [2.24, 2.45) is 5.73 Å². The third-order valence-electron chi connectivity index (χ3n) is 3.54. The predicted octanol–water partition coefficient (Wildman–Crippen LogP) is 3.24. The minimum absolute atomic E-state index is 0.0461. The van der Waals surface area contributed by atoms with E-state index < -0.39 is 0 Å². The Labute approximate surface area is 94.6 Å². The molecule has 0 atom stereocenters. The van der Waals surface area contributed by atoms with Crippen molar-refractivity contribution in [1.82, 2.24) is 0 Å². The Balaban J connectivity index is 2.15. The summed E-state index contributed by atoms with van der Waals surface area (Å²) in [5.74, 6) is 0. The van der Waals surface area contributed by atoms with Crippen molar-refractivity contribution in [3.05, 3.63) is 0 Å². The van der Waals surface area contributed by atoms with Gasteiger partial charge in [-0.3, -0.25) is 0 Å². The summed E-state index contributed by atoms with van der Waals surface area (Å²) < 4.78 is 6.04. The van der Waals surface area contributed by atoms with E-state index in [-0.39, 0.29) is 5.60 Å². The van der Waals surface area contributed by atoms with Gasteiger partial charge in [-0.15, -0.1) is 0 Å². The van der Waals surface area contributed by atoms with Gasteiger partial charge in [0.05, 0.1) is 5.60 Å². The van der Waals surface area contributed by atoms with Crippen molar-refractivity contribution in [1.29, 1.82) is 0 Å². The van der Waals surface area contributed by atoms with Crippen LogP contribution in [0.15, 0.2) is 0 Å². The Kier molecular flexibility index (Phi) is 6.26. The summed E-state index contributed by atoms with van der Waals surface area (Å²) >= 11 is 0. The number of unbranched alkanes of at least 4 members (excludes halogenated alkanes) is 3.